The van der Waals surface area contributed by atoms with Gasteiger partial charge in [0.25, 0.3) is 0 Å². The van der Waals surface area contributed by atoms with E-state index in [2.05, 4.69) is 20.9 Å². The van der Waals surface area contributed by atoms with Crippen LogP contribution in [0.3, 0.4) is 0 Å². The van der Waals surface area contributed by atoms with Crippen LogP contribution in [0, 0.1) is 9.39 Å². The normalized spacial score (nSPS) is 10.8. The van der Waals surface area contributed by atoms with Gasteiger partial charge in [0.15, 0.2) is 0 Å². The molecular formula is C9H4BrFINO. The Bertz CT molecular complexity index is 566. The van der Waals surface area contributed by atoms with E-state index in [1.54, 1.807) is 6.20 Å². The molecule has 0 atom stereocenters. The minimum atomic E-state index is -0.398. The van der Waals surface area contributed by atoms with Gasteiger partial charge in [0.05, 0.1) is 15.4 Å². The van der Waals surface area contributed by atoms with E-state index in [0.29, 0.717) is 18.9 Å². The topological polar surface area (TPSA) is 32.9 Å². The van der Waals surface area contributed by atoms with Gasteiger partial charge in [0, 0.05) is 9.77 Å². The van der Waals surface area contributed by atoms with Crippen LogP contribution < -0.4 is 5.43 Å². The van der Waals surface area contributed by atoms with Crippen LogP contribution in [0.1, 0.15) is 0 Å². The maximum atomic E-state index is 13.0. The van der Waals surface area contributed by atoms with Crippen molar-refractivity contribution in [3.63, 3.8) is 0 Å². The molecular weight excluding hydrogens is 364 g/mol. The fraction of sp³-hybridized carbons (Fsp3) is 0. The highest BCUT2D eigenvalue weighted by molar-refractivity contribution is 14.1. The van der Waals surface area contributed by atoms with Gasteiger partial charge in [-0.2, -0.15) is 0 Å². The summed E-state index contributed by atoms with van der Waals surface area (Å²) in [6, 6.07) is 2.62. The lowest BCUT2D eigenvalue weighted by atomic mass is 10.2. The van der Waals surface area contributed by atoms with Gasteiger partial charge < -0.3 is 4.98 Å². The summed E-state index contributed by atoms with van der Waals surface area (Å²) in [6.07, 6.45) is 1.56. The standard InChI is InChI=1S/C9H4BrFINO/c10-6-3-13-8-5(9(6)14)1-4(11)2-7(8)12/h1-3H,(H,13,14). The second kappa shape index (κ2) is 3.62. The first-order valence-electron chi connectivity index (χ1n) is 3.75. The van der Waals surface area contributed by atoms with Crippen molar-refractivity contribution >= 4 is 49.4 Å². The number of benzene rings is 1. The summed E-state index contributed by atoms with van der Waals surface area (Å²) in [4.78, 5) is 14.5. The average Bonchev–Trinajstić information content (AvgIpc) is 2.12. The predicted molar refractivity (Wildman–Crippen MR) is 64.9 cm³/mol. The molecule has 0 radical (unpaired) electrons. The van der Waals surface area contributed by atoms with E-state index in [-0.39, 0.29) is 5.43 Å². The van der Waals surface area contributed by atoms with E-state index in [4.69, 9.17) is 0 Å². The minimum Gasteiger partial charge on any atom is -0.359 e. The van der Waals surface area contributed by atoms with Gasteiger partial charge in [-0.3, -0.25) is 4.79 Å². The van der Waals surface area contributed by atoms with Crippen LogP contribution in [0.15, 0.2) is 27.6 Å². The Hall–Kier alpha value is -0.430. The number of aromatic nitrogens is 1. The van der Waals surface area contributed by atoms with Crippen molar-refractivity contribution in [3.8, 4) is 0 Å². The number of hydrogen-bond acceptors (Lipinski definition) is 1. The highest BCUT2D eigenvalue weighted by Gasteiger charge is 2.07. The molecule has 1 aromatic heterocycles. The summed E-state index contributed by atoms with van der Waals surface area (Å²) in [7, 11) is 0. The number of pyridine rings is 1. The molecule has 1 aromatic carbocycles. The number of nitrogens with one attached hydrogen (secondary N) is 1. The van der Waals surface area contributed by atoms with E-state index in [1.807, 2.05) is 22.6 Å². The number of aromatic amines is 1. The lowest BCUT2D eigenvalue weighted by Gasteiger charge is -2.01. The number of fused-ring (bicyclic) bond motifs is 1. The van der Waals surface area contributed by atoms with E-state index in [0.717, 1.165) is 0 Å². The van der Waals surface area contributed by atoms with Gasteiger partial charge in [-0.1, -0.05) is 0 Å². The molecule has 0 fully saturated rings. The highest BCUT2D eigenvalue weighted by atomic mass is 127. The van der Waals surface area contributed by atoms with E-state index in [9.17, 15) is 9.18 Å². The molecule has 2 aromatic rings. The van der Waals surface area contributed by atoms with Crippen LogP contribution in [-0.2, 0) is 0 Å². The first-order chi connectivity index (χ1) is 6.59. The molecule has 0 saturated carbocycles. The Balaban J connectivity index is 3.03. The first-order valence-corrected chi connectivity index (χ1v) is 5.62. The fourth-order valence-corrected chi connectivity index (χ4v) is 2.30. The molecule has 0 aliphatic rings. The third kappa shape index (κ3) is 1.58. The van der Waals surface area contributed by atoms with E-state index < -0.39 is 5.82 Å². The number of H-pyrrole nitrogens is 1. The van der Waals surface area contributed by atoms with Crippen LogP contribution in [0.5, 0.6) is 0 Å². The molecule has 0 unspecified atom stereocenters. The third-order valence-corrected chi connectivity index (χ3v) is 3.30. The molecule has 1 N–H and O–H groups in total. The van der Waals surface area contributed by atoms with Gasteiger partial charge in [-0.25, -0.2) is 4.39 Å². The van der Waals surface area contributed by atoms with Crippen molar-refractivity contribution in [2.75, 3.05) is 0 Å². The summed E-state index contributed by atoms with van der Waals surface area (Å²) >= 11 is 5.08. The van der Waals surface area contributed by atoms with Crippen LogP contribution >= 0.6 is 38.5 Å². The monoisotopic (exact) mass is 367 g/mol. The van der Waals surface area contributed by atoms with Gasteiger partial charge >= 0.3 is 0 Å². The van der Waals surface area contributed by atoms with Gasteiger partial charge in [0.2, 0.25) is 5.43 Å². The van der Waals surface area contributed by atoms with Crippen molar-refractivity contribution in [2.24, 2.45) is 0 Å². The molecule has 1 heterocycles. The quantitative estimate of drug-likeness (QED) is 0.713. The molecule has 0 saturated heterocycles. The van der Waals surface area contributed by atoms with Crippen molar-refractivity contribution < 1.29 is 4.39 Å². The lowest BCUT2D eigenvalue weighted by Crippen LogP contribution is -2.04. The van der Waals surface area contributed by atoms with Gasteiger partial charge in [-0.15, -0.1) is 0 Å². The molecule has 0 spiro atoms. The van der Waals surface area contributed by atoms with Crippen molar-refractivity contribution in [3.05, 3.63) is 42.4 Å². The summed E-state index contributed by atoms with van der Waals surface area (Å²) in [5.74, 6) is -0.398. The third-order valence-electron chi connectivity index (χ3n) is 1.86. The zero-order valence-corrected chi connectivity index (χ0v) is 10.5. The van der Waals surface area contributed by atoms with Crippen molar-refractivity contribution in [1.82, 2.24) is 4.98 Å². The molecule has 0 bridgehead atoms. The smallest absolute Gasteiger partial charge is 0.203 e. The van der Waals surface area contributed by atoms with Gasteiger partial charge in [0.1, 0.15) is 5.82 Å². The van der Waals surface area contributed by atoms with Crippen molar-refractivity contribution in [1.29, 1.82) is 0 Å². The zero-order valence-electron chi connectivity index (χ0n) is 6.77. The minimum absolute atomic E-state index is 0.198. The van der Waals surface area contributed by atoms with Crippen molar-refractivity contribution in [2.45, 2.75) is 0 Å². The molecule has 14 heavy (non-hydrogen) atoms. The fourth-order valence-electron chi connectivity index (χ4n) is 1.23. The number of rotatable bonds is 0. The summed E-state index contributed by atoms with van der Waals surface area (Å²) in [5.41, 5.74) is 0.469. The highest BCUT2D eigenvalue weighted by Crippen LogP contribution is 2.19. The maximum absolute atomic E-state index is 13.0. The molecule has 2 rings (SSSR count). The van der Waals surface area contributed by atoms with Crippen LogP contribution in [0.25, 0.3) is 10.9 Å². The number of hydrogen-bond donors (Lipinski definition) is 1. The predicted octanol–water partition coefficient (Wildman–Crippen LogP) is 3.03. The van der Waals surface area contributed by atoms with Crippen LogP contribution in [0.2, 0.25) is 0 Å². The van der Waals surface area contributed by atoms with Gasteiger partial charge in [-0.05, 0) is 50.7 Å². The summed E-state index contributed by atoms with van der Waals surface area (Å²) in [6.45, 7) is 0. The largest absolute Gasteiger partial charge is 0.359 e. The second-order valence-electron chi connectivity index (χ2n) is 2.78. The molecule has 0 aliphatic heterocycles. The second-order valence-corrected chi connectivity index (χ2v) is 4.79. The molecule has 2 nitrogen and oxygen atoms in total. The Labute approximate surface area is 101 Å². The van der Waals surface area contributed by atoms with Crippen LogP contribution in [-0.4, -0.2) is 4.98 Å². The Morgan fingerprint density at radius 1 is 1.43 bits per heavy atom. The van der Waals surface area contributed by atoms with Crippen LogP contribution in [0.4, 0.5) is 4.39 Å². The zero-order chi connectivity index (χ0) is 10.3. The van der Waals surface area contributed by atoms with E-state index in [1.165, 1.54) is 12.1 Å². The molecule has 0 amide bonds. The molecule has 0 aliphatic carbocycles. The van der Waals surface area contributed by atoms with E-state index >= 15 is 0 Å². The Kier molecular flexibility index (Phi) is 2.61. The number of halogens is 3. The summed E-state index contributed by atoms with van der Waals surface area (Å²) < 4.78 is 14.1. The Morgan fingerprint density at radius 3 is 2.86 bits per heavy atom. The molecule has 72 valence electrons. The molecule has 5 heteroatoms. The Morgan fingerprint density at radius 2 is 2.14 bits per heavy atom. The SMILES string of the molecule is O=c1c(Br)c[nH]c2c(I)cc(F)cc12. The average molecular weight is 368 g/mol. The maximum Gasteiger partial charge on any atom is 0.203 e. The summed E-state index contributed by atoms with van der Waals surface area (Å²) in [5, 5.41) is 0.365. The lowest BCUT2D eigenvalue weighted by molar-refractivity contribution is 0.628. The first kappa shape index (κ1) is 10.1.